The second kappa shape index (κ2) is 8.11. The fraction of sp³-hybridized carbons (Fsp3) is 0.150. The van der Waals surface area contributed by atoms with Crippen molar-refractivity contribution in [2.45, 2.75) is 6.92 Å². The number of anilines is 1. The highest BCUT2D eigenvalue weighted by Crippen LogP contribution is 2.19. The van der Waals surface area contributed by atoms with E-state index in [1.54, 1.807) is 12.1 Å². The van der Waals surface area contributed by atoms with Crippen LogP contribution in [0.15, 0.2) is 71.4 Å². The Morgan fingerprint density at radius 2 is 1.69 bits per heavy atom. The van der Waals surface area contributed by atoms with Gasteiger partial charge in [0.25, 0.3) is 5.91 Å². The minimum Gasteiger partial charge on any atom is -0.363 e. The van der Waals surface area contributed by atoms with E-state index in [1.165, 1.54) is 17.2 Å². The van der Waals surface area contributed by atoms with Crippen LogP contribution in [0.4, 0.5) is 5.82 Å². The first kappa shape index (κ1) is 17.4. The number of hydrogen-bond donors (Lipinski definition) is 1. The molecular formula is C20H19N3O3. The van der Waals surface area contributed by atoms with Crippen molar-refractivity contribution in [3.63, 3.8) is 0 Å². The lowest BCUT2D eigenvalue weighted by molar-refractivity contribution is -0.116. The predicted molar refractivity (Wildman–Crippen MR) is 98.6 cm³/mol. The Morgan fingerprint density at radius 1 is 1.00 bits per heavy atom. The lowest BCUT2D eigenvalue weighted by Gasteiger charge is -2.20. The van der Waals surface area contributed by atoms with Crippen molar-refractivity contribution in [3.8, 4) is 11.1 Å². The third kappa shape index (κ3) is 4.16. The Hall–Kier alpha value is -3.41. The highest BCUT2D eigenvalue weighted by atomic mass is 16.5. The van der Waals surface area contributed by atoms with Gasteiger partial charge in [0.05, 0.1) is 0 Å². The molecule has 0 aliphatic rings. The lowest BCUT2D eigenvalue weighted by atomic mass is 10.0. The van der Waals surface area contributed by atoms with Crippen molar-refractivity contribution < 1.29 is 14.1 Å². The molecule has 6 nitrogen and oxygen atoms in total. The minimum absolute atomic E-state index is 0.0529. The second-order valence-electron chi connectivity index (χ2n) is 5.70. The van der Waals surface area contributed by atoms with Crippen LogP contribution in [0.3, 0.4) is 0 Å². The van der Waals surface area contributed by atoms with Gasteiger partial charge in [-0.2, -0.15) is 0 Å². The van der Waals surface area contributed by atoms with Crippen LogP contribution in [-0.2, 0) is 4.79 Å². The Labute approximate surface area is 151 Å². The second-order valence-corrected chi connectivity index (χ2v) is 5.70. The highest BCUT2D eigenvalue weighted by molar-refractivity contribution is 5.99. The lowest BCUT2D eigenvalue weighted by Crippen LogP contribution is -2.37. The Bertz CT molecular complexity index is 859. The average Bonchev–Trinajstić information content (AvgIpc) is 3.19. The minimum atomic E-state index is -0.324. The van der Waals surface area contributed by atoms with Crippen molar-refractivity contribution in [3.05, 3.63) is 72.5 Å². The van der Waals surface area contributed by atoms with E-state index in [4.69, 9.17) is 0 Å². The number of nitrogens with one attached hydrogen (secondary N) is 1. The third-order valence-corrected chi connectivity index (χ3v) is 3.95. The summed E-state index contributed by atoms with van der Waals surface area (Å²) in [7, 11) is 0. The summed E-state index contributed by atoms with van der Waals surface area (Å²) >= 11 is 0. The van der Waals surface area contributed by atoms with E-state index in [1.807, 2.05) is 49.4 Å². The van der Waals surface area contributed by atoms with Gasteiger partial charge in [0.1, 0.15) is 12.8 Å². The molecule has 0 radical (unpaired) electrons. The number of rotatable bonds is 6. The molecule has 0 unspecified atom stereocenters. The third-order valence-electron chi connectivity index (χ3n) is 3.95. The molecule has 0 saturated heterocycles. The molecule has 0 bridgehead atoms. The van der Waals surface area contributed by atoms with Crippen molar-refractivity contribution in [1.29, 1.82) is 0 Å². The first-order valence-electron chi connectivity index (χ1n) is 8.32. The molecule has 0 saturated carbocycles. The molecule has 26 heavy (non-hydrogen) atoms. The van der Waals surface area contributed by atoms with E-state index in [-0.39, 0.29) is 18.4 Å². The highest BCUT2D eigenvalue weighted by Gasteiger charge is 2.18. The van der Waals surface area contributed by atoms with Crippen molar-refractivity contribution in [1.82, 2.24) is 10.1 Å². The summed E-state index contributed by atoms with van der Waals surface area (Å²) in [5, 5.41) is 6.21. The molecule has 0 aliphatic heterocycles. The number of carbonyl (C=O) groups excluding carboxylic acids is 2. The number of hydrogen-bond acceptors (Lipinski definition) is 4. The zero-order chi connectivity index (χ0) is 18.4. The maximum absolute atomic E-state index is 12.7. The summed E-state index contributed by atoms with van der Waals surface area (Å²) < 4.78 is 4.67. The monoisotopic (exact) mass is 349 g/mol. The van der Waals surface area contributed by atoms with Crippen molar-refractivity contribution in [2.24, 2.45) is 0 Å². The van der Waals surface area contributed by atoms with Crippen molar-refractivity contribution >= 4 is 17.6 Å². The summed E-state index contributed by atoms with van der Waals surface area (Å²) in [6.07, 6.45) is 1.37. The van der Waals surface area contributed by atoms with Crippen LogP contribution in [0.5, 0.6) is 0 Å². The van der Waals surface area contributed by atoms with Gasteiger partial charge in [-0.3, -0.25) is 9.59 Å². The molecule has 3 aromatic rings. The van der Waals surface area contributed by atoms with Gasteiger partial charge in [0, 0.05) is 18.2 Å². The molecule has 6 heteroatoms. The van der Waals surface area contributed by atoms with Crippen LogP contribution in [-0.4, -0.2) is 35.0 Å². The van der Waals surface area contributed by atoms with Crippen LogP contribution >= 0.6 is 0 Å². The quantitative estimate of drug-likeness (QED) is 0.740. The van der Waals surface area contributed by atoms with Crippen LogP contribution in [0.1, 0.15) is 17.3 Å². The smallest absolute Gasteiger partial charge is 0.254 e. The zero-order valence-corrected chi connectivity index (χ0v) is 14.4. The molecule has 132 valence electrons. The Kier molecular flexibility index (Phi) is 5.43. The summed E-state index contributed by atoms with van der Waals surface area (Å²) in [6.45, 7) is 2.20. The first-order valence-corrected chi connectivity index (χ1v) is 8.32. The SMILES string of the molecule is CCN(CC(=O)Nc1ccon1)C(=O)c1ccc(-c2ccccc2)cc1. The van der Waals surface area contributed by atoms with Gasteiger partial charge in [0.2, 0.25) is 5.91 Å². The summed E-state index contributed by atoms with van der Waals surface area (Å²) in [4.78, 5) is 26.2. The van der Waals surface area contributed by atoms with Gasteiger partial charge in [-0.15, -0.1) is 0 Å². The Morgan fingerprint density at radius 3 is 2.31 bits per heavy atom. The fourth-order valence-electron chi connectivity index (χ4n) is 2.58. The Balaban J connectivity index is 1.67. The van der Waals surface area contributed by atoms with Gasteiger partial charge in [-0.25, -0.2) is 0 Å². The number of benzene rings is 2. The number of aromatic nitrogens is 1. The van der Waals surface area contributed by atoms with Crippen molar-refractivity contribution in [2.75, 3.05) is 18.4 Å². The molecule has 2 aromatic carbocycles. The van der Waals surface area contributed by atoms with Crippen LogP contribution in [0.2, 0.25) is 0 Å². The molecule has 1 aromatic heterocycles. The van der Waals surface area contributed by atoms with Crippen LogP contribution in [0.25, 0.3) is 11.1 Å². The molecule has 3 rings (SSSR count). The number of carbonyl (C=O) groups is 2. The summed E-state index contributed by atoms with van der Waals surface area (Å²) in [6, 6.07) is 18.9. The van der Waals surface area contributed by atoms with E-state index in [9.17, 15) is 9.59 Å². The van der Waals surface area contributed by atoms with Crippen LogP contribution in [0, 0.1) is 0 Å². The standard InChI is InChI=1S/C20H19N3O3/c1-2-23(14-19(24)21-18-12-13-26-22-18)20(25)17-10-8-16(9-11-17)15-6-4-3-5-7-15/h3-13H,2,14H2,1H3,(H,21,22,24). The van der Waals surface area contributed by atoms with E-state index in [2.05, 4.69) is 15.0 Å². The van der Waals surface area contributed by atoms with Gasteiger partial charge < -0.3 is 14.7 Å². The number of amides is 2. The van der Waals surface area contributed by atoms with Gasteiger partial charge >= 0.3 is 0 Å². The largest absolute Gasteiger partial charge is 0.363 e. The normalized spacial score (nSPS) is 10.3. The molecule has 0 atom stereocenters. The zero-order valence-electron chi connectivity index (χ0n) is 14.4. The van der Waals surface area contributed by atoms with Crippen LogP contribution < -0.4 is 5.32 Å². The van der Waals surface area contributed by atoms with E-state index < -0.39 is 0 Å². The summed E-state index contributed by atoms with van der Waals surface area (Å²) in [5.41, 5.74) is 2.67. The maximum atomic E-state index is 12.7. The van der Waals surface area contributed by atoms with E-state index in [0.29, 0.717) is 17.9 Å². The van der Waals surface area contributed by atoms with E-state index >= 15 is 0 Å². The fourth-order valence-corrected chi connectivity index (χ4v) is 2.58. The summed E-state index contributed by atoms with van der Waals surface area (Å²) in [5.74, 6) is -0.192. The molecule has 1 N–H and O–H groups in total. The topological polar surface area (TPSA) is 75.4 Å². The first-order chi connectivity index (χ1) is 12.7. The van der Waals surface area contributed by atoms with Gasteiger partial charge in [-0.05, 0) is 30.2 Å². The molecule has 0 fully saturated rings. The molecule has 2 amide bonds. The van der Waals surface area contributed by atoms with E-state index in [0.717, 1.165) is 11.1 Å². The molecular weight excluding hydrogens is 330 g/mol. The molecule has 1 heterocycles. The number of likely N-dealkylation sites (N-methyl/N-ethyl adjacent to an activating group) is 1. The average molecular weight is 349 g/mol. The predicted octanol–water partition coefficient (Wildman–Crippen LogP) is 3.44. The van der Waals surface area contributed by atoms with Gasteiger partial charge in [-0.1, -0.05) is 47.6 Å². The molecule has 0 spiro atoms. The molecule has 0 aliphatic carbocycles. The van der Waals surface area contributed by atoms with Gasteiger partial charge in [0.15, 0.2) is 5.82 Å². The number of nitrogens with zero attached hydrogens (tertiary/aromatic N) is 2. The maximum Gasteiger partial charge on any atom is 0.254 e.